The molecule has 3 N–H and O–H groups in total. The van der Waals surface area contributed by atoms with Gasteiger partial charge in [-0.15, -0.1) is 0 Å². The number of benzene rings is 1. The Morgan fingerprint density at radius 3 is 3.04 bits per heavy atom. The van der Waals surface area contributed by atoms with Gasteiger partial charge in [0.2, 0.25) is 0 Å². The largest absolute Gasteiger partial charge is 0.489 e. The van der Waals surface area contributed by atoms with Gasteiger partial charge in [-0.3, -0.25) is 4.99 Å². The van der Waals surface area contributed by atoms with E-state index in [-0.39, 0.29) is 13.2 Å². The number of halogens is 2. The minimum absolute atomic E-state index is 0.0995. The molecule has 2 rings (SSSR count). The van der Waals surface area contributed by atoms with E-state index >= 15 is 0 Å². The second-order valence-electron chi connectivity index (χ2n) is 5.79. The maximum atomic E-state index is 10.1. The van der Waals surface area contributed by atoms with Gasteiger partial charge in [-0.2, -0.15) is 11.8 Å². The van der Waals surface area contributed by atoms with Crippen molar-refractivity contribution in [2.45, 2.75) is 31.9 Å². The van der Waals surface area contributed by atoms with E-state index in [0.717, 1.165) is 24.7 Å². The topological polar surface area (TPSA) is 65.9 Å². The smallest absolute Gasteiger partial charge is 0.191 e. The number of aliphatic hydroxyl groups excluding tert-OH is 1. The molecule has 1 saturated heterocycles. The van der Waals surface area contributed by atoms with E-state index in [9.17, 15) is 5.11 Å². The lowest BCUT2D eigenvalue weighted by atomic mass is 10.2. The highest BCUT2D eigenvalue weighted by Gasteiger charge is 2.15. The molecule has 2 atom stereocenters. The van der Waals surface area contributed by atoms with Crippen molar-refractivity contribution in [3.63, 3.8) is 0 Å². The molecule has 1 aromatic carbocycles. The maximum Gasteiger partial charge on any atom is 0.191 e. The first-order chi connectivity index (χ1) is 12.1. The van der Waals surface area contributed by atoms with E-state index in [1.165, 1.54) is 12.2 Å². The third-order valence-electron chi connectivity index (χ3n) is 3.65. The van der Waals surface area contributed by atoms with Gasteiger partial charge in [-0.05, 0) is 37.7 Å². The second kappa shape index (κ2) is 11.0. The summed E-state index contributed by atoms with van der Waals surface area (Å²) in [5.41, 5.74) is 0. The molecule has 1 aliphatic heterocycles. The van der Waals surface area contributed by atoms with E-state index in [1.54, 1.807) is 18.2 Å². The Morgan fingerprint density at radius 1 is 1.48 bits per heavy atom. The van der Waals surface area contributed by atoms with Crippen LogP contribution in [0.4, 0.5) is 0 Å². The fourth-order valence-corrected chi connectivity index (χ4v) is 3.82. The predicted octanol–water partition coefficient (Wildman–Crippen LogP) is 3.18. The molecular formula is C17H25Cl2N3O2S. The number of guanidine groups is 1. The number of hydrogen-bond donors (Lipinski definition) is 3. The lowest BCUT2D eigenvalue weighted by molar-refractivity contribution is 0.114. The van der Waals surface area contributed by atoms with Crippen molar-refractivity contribution in [1.29, 1.82) is 0 Å². The van der Waals surface area contributed by atoms with Crippen LogP contribution in [0.15, 0.2) is 23.2 Å². The van der Waals surface area contributed by atoms with Gasteiger partial charge >= 0.3 is 0 Å². The van der Waals surface area contributed by atoms with E-state index in [0.29, 0.717) is 21.8 Å². The number of nitrogens with zero attached hydrogens (tertiary/aromatic N) is 1. The molecule has 1 fully saturated rings. The first kappa shape index (κ1) is 20.5. The number of thioether (sulfide) groups is 1. The standard InChI is InChI=1S/C17H25Cl2N3O2S/c1-2-20-17(22-12-5-4-8-25-11-12)21-9-13(23)10-24-15-7-3-6-14(18)16(15)19/h3,6-7,12-13,23H,2,4-5,8-11H2,1H3,(H2,20,21,22). The van der Waals surface area contributed by atoms with Gasteiger partial charge in [0.25, 0.3) is 0 Å². The van der Waals surface area contributed by atoms with Crippen LogP contribution in [-0.4, -0.2) is 54.4 Å². The molecule has 8 heteroatoms. The number of aliphatic hydroxyl groups is 1. The molecule has 0 amide bonds. The quantitative estimate of drug-likeness (QED) is 0.480. The monoisotopic (exact) mass is 405 g/mol. The second-order valence-corrected chi connectivity index (χ2v) is 7.73. The molecule has 25 heavy (non-hydrogen) atoms. The van der Waals surface area contributed by atoms with Crippen molar-refractivity contribution >= 4 is 40.9 Å². The van der Waals surface area contributed by atoms with Crippen LogP contribution in [0.2, 0.25) is 10.0 Å². The van der Waals surface area contributed by atoms with Crippen LogP contribution in [0, 0.1) is 0 Å². The number of rotatable bonds is 7. The van der Waals surface area contributed by atoms with Crippen LogP contribution in [0.3, 0.4) is 0 Å². The summed E-state index contributed by atoms with van der Waals surface area (Å²) < 4.78 is 5.54. The Morgan fingerprint density at radius 2 is 2.32 bits per heavy atom. The molecule has 1 heterocycles. The number of nitrogens with one attached hydrogen (secondary N) is 2. The highest BCUT2D eigenvalue weighted by molar-refractivity contribution is 7.99. The fraction of sp³-hybridized carbons (Fsp3) is 0.588. The molecule has 0 saturated carbocycles. The van der Waals surface area contributed by atoms with Gasteiger partial charge in [0.15, 0.2) is 5.96 Å². The third kappa shape index (κ3) is 7.13. The summed E-state index contributed by atoms with van der Waals surface area (Å²) in [7, 11) is 0. The molecule has 140 valence electrons. The zero-order valence-electron chi connectivity index (χ0n) is 14.3. The minimum Gasteiger partial charge on any atom is -0.489 e. The zero-order valence-corrected chi connectivity index (χ0v) is 16.6. The van der Waals surface area contributed by atoms with Crippen LogP contribution in [0.1, 0.15) is 19.8 Å². The lowest BCUT2D eigenvalue weighted by Crippen LogP contribution is -2.46. The molecule has 0 aliphatic carbocycles. The van der Waals surface area contributed by atoms with Gasteiger partial charge in [0, 0.05) is 18.3 Å². The normalized spacial score (nSPS) is 19.4. The summed E-state index contributed by atoms with van der Waals surface area (Å²) in [6.07, 6.45) is 1.64. The molecule has 2 unspecified atom stereocenters. The molecule has 1 aliphatic rings. The van der Waals surface area contributed by atoms with Crippen LogP contribution in [0.5, 0.6) is 5.75 Å². The Labute approximate surface area is 163 Å². The summed E-state index contributed by atoms with van der Waals surface area (Å²) in [6.45, 7) is 3.14. The molecular weight excluding hydrogens is 381 g/mol. The fourth-order valence-electron chi connectivity index (χ4n) is 2.40. The molecule has 1 aromatic rings. The van der Waals surface area contributed by atoms with Gasteiger partial charge in [-0.25, -0.2) is 0 Å². The number of aliphatic imine (C=N–C) groups is 1. The summed E-state index contributed by atoms with van der Waals surface area (Å²) in [6, 6.07) is 5.59. The SMILES string of the molecule is CCNC(=NCC(O)COc1cccc(Cl)c1Cl)NC1CCCSC1. The lowest BCUT2D eigenvalue weighted by Gasteiger charge is -2.24. The van der Waals surface area contributed by atoms with Crippen LogP contribution in [-0.2, 0) is 0 Å². The van der Waals surface area contributed by atoms with Gasteiger partial charge in [0.05, 0.1) is 11.6 Å². The van der Waals surface area contributed by atoms with Crippen molar-refractivity contribution in [3.8, 4) is 5.75 Å². The summed E-state index contributed by atoms with van der Waals surface area (Å²) in [5.74, 6) is 3.51. The van der Waals surface area contributed by atoms with Crippen molar-refractivity contribution < 1.29 is 9.84 Å². The van der Waals surface area contributed by atoms with Crippen LogP contribution in [0.25, 0.3) is 0 Å². The van der Waals surface area contributed by atoms with Gasteiger partial charge in [-0.1, -0.05) is 29.3 Å². The van der Waals surface area contributed by atoms with Gasteiger partial charge in [0.1, 0.15) is 23.5 Å². The van der Waals surface area contributed by atoms with Crippen LogP contribution >= 0.6 is 35.0 Å². The Hall–Kier alpha value is -0.820. The summed E-state index contributed by atoms with van der Waals surface area (Å²) >= 11 is 14.0. The van der Waals surface area contributed by atoms with Crippen molar-refractivity contribution in [3.05, 3.63) is 28.2 Å². The van der Waals surface area contributed by atoms with E-state index < -0.39 is 6.10 Å². The van der Waals surface area contributed by atoms with Crippen molar-refractivity contribution in [2.24, 2.45) is 4.99 Å². The van der Waals surface area contributed by atoms with Gasteiger partial charge < -0.3 is 20.5 Å². The Kier molecular flexibility index (Phi) is 9.03. The maximum absolute atomic E-state index is 10.1. The summed E-state index contributed by atoms with van der Waals surface area (Å²) in [5, 5.41) is 17.5. The first-order valence-corrected chi connectivity index (χ1v) is 10.4. The minimum atomic E-state index is -0.730. The van der Waals surface area contributed by atoms with E-state index in [1.807, 2.05) is 18.7 Å². The molecule has 5 nitrogen and oxygen atoms in total. The molecule has 0 spiro atoms. The molecule has 0 radical (unpaired) electrons. The molecule has 0 aromatic heterocycles. The van der Waals surface area contributed by atoms with Crippen molar-refractivity contribution in [2.75, 3.05) is 31.2 Å². The predicted molar refractivity (Wildman–Crippen MR) is 107 cm³/mol. The van der Waals surface area contributed by atoms with E-state index in [2.05, 4.69) is 15.6 Å². The Balaban J connectivity index is 1.82. The average molecular weight is 406 g/mol. The van der Waals surface area contributed by atoms with E-state index in [4.69, 9.17) is 27.9 Å². The first-order valence-electron chi connectivity index (χ1n) is 8.47. The molecule has 0 bridgehead atoms. The Bertz CT molecular complexity index is 569. The highest BCUT2D eigenvalue weighted by atomic mass is 35.5. The zero-order chi connectivity index (χ0) is 18.1. The van der Waals surface area contributed by atoms with Crippen molar-refractivity contribution in [1.82, 2.24) is 10.6 Å². The number of ether oxygens (including phenoxy) is 1. The third-order valence-corrected chi connectivity index (χ3v) is 5.67. The van der Waals surface area contributed by atoms with Crippen LogP contribution < -0.4 is 15.4 Å². The number of hydrogen-bond acceptors (Lipinski definition) is 4. The highest BCUT2D eigenvalue weighted by Crippen LogP contribution is 2.31. The average Bonchev–Trinajstić information content (AvgIpc) is 2.62. The summed E-state index contributed by atoms with van der Waals surface area (Å²) in [4.78, 5) is 4.46.